The second kappa shape index (κ2) is 5.20. The van der Waals surface area contributed by atoms with E-state index in [0.717, 1.165) is 23.4 Å². The van der Waals surface area contributed by atoms with Gasteiger partial charge in [-0.3, -0.25) is 4.79 Å². The van der Waals surface area contributed by atoms with Gasteiger partial charge in [0.1, 0.15) is 11.6 Å². The fraction of sp³-hybridized carbons (Fsp3) is 0.429. The molecule has 1 aromatic carbocycles. The van der Waals surface area contributed by atoms with E-state index in [2.05, 4.69) is 15.6 Å². The highest BCUT2D eigenvalue weighted by molar-refractivity contribution is 5.83. The molecule has 1 fully saturated rings. The molecule has 6 heteroatoms. The van der Waals surface area contributed by atoms with Crippen molar-refractivity contribution in [3.05, 3.63) is 29.8 Å². The zero-order valence-corrected chi connectivity index (χ0v) is 11.3. The number of rotatable bonds is 3. The number of aryl methyl sites for hydroxylation is 1. The van der Waals surface area contributed by atoms with E-state index in [1.807, 2.05) is 11.5 Å². The van der Waals surface area contributed by atoms with E-state index >= 15 is 0 Å². The first-order valence-corrected chi connectivity index (χ1v) is 6.85. The van der Waals surface area contributed by atoms with E-state index in [0.29, 0.717) is 19.5 Å². The van der Waals surface area contributed by atoms with Gasteiger partial charge in [0.15, 0.2) is 0 Å². The van der Waals surface area contributed by atoms with Gasteiger partial charge >= 0.3 is 0 Å². The van der Waals surface area contributed by atoms with Crippen molar-refractivity contribution in [2.75, 3.05) is 13.1 Å². The van der Waals surface area contributed by atoms with Crippen molar-refractivity contribution >= 4 is 16.9 Å². The lowest BCUT2D eigenvalue weighted by Gasteiger charge is -2.23. The number of nitrogens with one attached hydrogen (secondary N) is 2. The molecule has 1 amide bonds. The van der Waals surface area contributed by atoms with E-state index in [9.17, 15) is 9.18 Å². The summed E-state index contributed by atoms with van der Waals surface area (Å²) in [5.41, 5.74) is 1.54. The van der Waals surface area contributed by atoms with Crippen molar-refractivity contribution in [1.29, 1.82) is 0 Å². The second-order valence-corrected chi connectivity index (χ2v) is 4.91. The molecule has 3 rings (SSSR count). The van der Waals surface area contributed by atoms with Crippen LogP contribution in [0.1, 0.15) is 12.7 Å². The van der Waals surface area contributed by atoms with Gasteiger partial charge in [-0.1, -0.05) is 0 Å². The molecule has 2 aromatic rings. The number of carbonyl (C=O) groups excluding carboxylic acids is 1. The van der Waals surface area contributed by atoms with Crippen LogP contribution in [0.2, 0.25) is 0 Å². The summed E-state index contributed by atoms with van der Waals surface area (Å²) >= 11 is 0. The lowest BCUT2D eigenvalue weighted by atomic mass is 10.1. The van der Waals surface area contributed by atoms with Gasteiger partial charge in [0.05, 0.1) is 17.1 Å². The summed E-state index contributed by atoms with van der Waals surface area (Å²) in [7, 11) is 0. The summed E-state index contributed by atoms with van der Waals surface area (Å²) in [5.74, 6) is 0.534. The summed E-state index contributed by atoms with van der Waals surface area (Å²) in [6, 6.07) is 4.30. The first-order valence-electron chi connectivity index (χ1n) is 6.85. The maximum absolute atomic E-state index is 13.4. The minimum atomic E-state index is -0.271. The molecule has 0 spiro atoms. The number of halogens is 1. The van der Waals surface area contributed by atoms with E-state index in [1.54, 1.807) is 6.07 Å². The van der Waals surface area contributed by atoms with Gasteiger partial charge in [-0.05, 0) is 25.1 Å². The minimum Gasteiger partial charge on any atom is -0.353 e. The van der Waals surface area contributed by atoms with Crippen molar-refractivity contribution in [3.63, 3.8) is 0 Å². The van der Waals surface area contributed by atoms with Gasteiger partial charge in [-0.25, -0.2) is 9.37 Å². The Bertz CT molecular complexity index is 652. The molecule has 1 atom stereocenters. The predicted molar refractivity (Wildman–Crippen MR) is 73.9 cm³/mol. The van der Waals surface area contributed by atoms with Crippen LogP contribution in [0, 0.1) is 5.82 Å². The van der Waals surface area contributed by atoms with Crippen LogP contribution in [0.3, 0.4) is 0 Å². The number of carbonyl (C=O) groups is 1. The first-order chi connectivity index (χ1) is 9.69. The van der Waals surface area contributed by atoms with Crippen molar-refractivity contribution < 1.29 is 9.18 Å². The molecule has 0 radical (unpaired) electrons. The predicted octanol–water partition coefficient (Wildman–Crippen LogP) is 0.826. The smallest absolute Gasteiger partial charge is 0.237 e. The Morgan fingerprint density at radius 3 is 3.05 bits per heavy atom. The zero-order valence-electron chi connectivity index (χ0n) is 11.3. The van der Waals surface area contributed by atoms with Crippen LogP contribution in [0.4, 0.5) is 4.39 Å². The molecule has 1 saturated heterocycles. The Balaban J connectivity index is 1.96. The number of aromatic nitrogens is 2. The zero-order chi connectivity index (χ0) is 14.1. The van der Waals surface area contributed by atoms with Crippen molar-refractivity contribution in [3.8, 4) is 0 Å². The van der Waals surface area contributed by atoms with Crippen LogP contribution in [0.15, 0.2) is 18.2 Å². The molecule has 1 unspecified atom stereocenters. The van der Waals surface area contributed by atoms with Gasteiger partial charge in [-0.15, -0.1) is 0 Å². The van der Waals surface area contributed by atoms with Gasteiger partial charge in [-0.2, -0.15) is 0 Å². The maximum atomic E-state index is 13.4. The molecule has 0 aliphatic carbocycles. The average Bonchev–Trinajstić information content (AvgIpc) is 2.78. The Kier molecular flexibility index (Phi) is 3.40. The standard InChI is InChI=1S/C14H17FN4O/c1-2-19-12-7-9(15)3-4-10(12)18-13(19)8-11-14(20)17-6-5-16-11/h3-4,7,11,16H,2,5-6,8H2,1H3,(H,17,20). The number of hydrogen-bond donors (Lipinski definition) is 2. The highest BCUT2D eigenvalue weighted by Crippen LogP contribution is 2.19. The highest BCUT2D eigenvalue weighted by Gasteiger charge is 2.24. The van der Waals surface area contributed by atoms with Crippen LogP contribution < -0.4 is 10.6 Å². The van der Waals surface area contributed by atoms with Crippen molar-refractivity contribution in [2.24, 2.45) is 0 Å². The van der Waals surface area contributed by atoms with Crippen LogP contribution in [-0.4, -0.2) is 34.6 Å². The first kappa shape index (κ1) is 13.1. The average molecular weight is 276 g/mol. The van der Waals surface area contributed by atoms with Crippen molar-refractivity contribution in [1.82, 2.24) is 20.2 Å². The molecule has 1 aliphatic rings. The highest BCUT2D eigenvalue weighted by atomic mass is 19.1. The lowest BCUT2D eigenvalue weighted by molar-refractivity contribution is -0.124. The van der Waals surface area contributed by atoms with Gasteiger partial charge in [0.2, 0.25) is 5.91 Å². The van der Waals surface area contributed by atoms with Gasteiger partial charge in [0.25, 0.3) is 0 Å². The molecule has 20 heavy (non-hydrogen) atoms. The second-order valence-electron chi connectivity index (χ2n) is 4.91. The molecular weight excluding hydrogens is 259 g/mol. The lowest BCUT2D eigenvalue weighted by Crippen LogP contribution is -2.54. The van der Waals surface area contributed by atoms with E-state index in [-0.39, 0.29) is 17.8 Å². The minimum absolute atomic E-state index is 0.00265. The number of piperazine rings is 1. The number of nitrogens with zero attached hydrogens (tertiary/aromatic N) is 2. The molecule has 2 N–H and O–H groups in total. The summed E-state index contributed by atoms with van der Waals surface area (Å²) in [6.45, 7) is 4.11. The third-order valence-corrected chi connectivity index (χ3v) is 3.62. The van der Waals surface area contributed by atoms with Crippen LogP contribution >= 0.6 is 0 Å². The quantitative estimate of drug-likeness (QED) is 0.873. The summed E-state index contributed by atoms with van der Waals surface area (Å²) < 4.78 is 15.3. The fourth-order valence-electron chi connectivity index (χ4n) is 2.65. The molecule has 5 nitrogen and oxygen atoms in total. The number of amides is 1. The summed E-state index contributed by atoms with van der Waals surface area (Å²) in [4.78, 5) is 16.3. The van der Waals surface area contributed by atoms with Gasteiger partial charge < -0.3 is 15.2 Å². The molecule has 0 saturated carbocycles. The largest absolute Gasteiger partial charge is 0.353 e. The fourth-order valence-corrected chi connectivity index (χ4v) is 2.65. The van der Waals surface area contributed by atoms with Crippen molar-refractivity contribution in [2.45, 2.75) is 25.9 Å². The Labute approximate surface area is 116 Å². The summed E-state index contributed by atoms with van der Waals surface area (Å²) in [6.07, 6.45) is 0.510. The molecule has 2 heterocycles. The summed E-state index contributed by atoms with van der Waals surface area (Å²) in [5, 5.41) is 6.02. The van der Waals surface area contributed by atoms with Crippen LogP contribution in [0.25, 0.3) is 11.0 Å². The number of hydrogen-bond acceptors (Lipinski definition) is 3. The van der Waals surface area contributed by atoms with Crippen LogP contribution in [0.5, 0.6) is 0 Å². The Morgan fingerprint density at radius 1 is 1.45 bits per heavy atom. The Morgan fingerprint density at radius 2 is 2.30 bits per heavy atom. The third-order valence-electron chi connectivity index (χ3n) is 3.62. The van der Waals surface area contributed by atoms with Crippen LogP contribution in [-0.2, 0) is 17.8 Å². The molecular formula is C14H17FN4O. The monoisotopic (exact) mass is 276 g/mol. The molecule has 1 aliphatic heterocycles. The van der Waals surface area contributed by atoms with E-state index < -0.39 is 0 Å². The molecule has 1 aromatic heterocycles. The normalized spacial score (nSPS) is 19.3. The number of fused-ring (bicyclic) bond motifs is 1. The molecule has 0 bridgehead atoms. The number of imidazole rings is 1. The van der Waals surface area contributed by atoms with Gasteiger partial charge in [0, 0.05) is 26.1 Å². The van der Waals surface area contributed by atoms with E-state index in [4.69, 9.17) is 0 Å². The topological polar surface area (TPSA) is 59.0 Å². The SMILES string of the molecule is CCn1c(CC2NCCNC2=O)nc2ccc(F)cc21. The number of benzene rings is 1. The Hall–Kier alpha value is -1.95. The van der Waals surface area contributed by atoms with E-state index in [1.165, 1.54) is 12.1 Å². The third kappa shape index (κ3) is 2.27. The molecule has 106 valence electrons. The maximum Gasteiger partial charge on any atom is 0.237 e.